The molecule has 3 aromatic rings. The van der Waals surface area contributed by atoms with Gasteiger partial charge in [0.15, 0.2) is 0 Å². The second-order valence-electron chi connectivity index (χ2n) is 10.2. The Morgan fingerprint density at radius 2 is 1.53 bits per heavy atom. The number of aryl methyl sites for hydroxylation is 1. The highest BCUT2D eigenvalue weighted by Crippen LogP contribution is 2.18. The van der Waals surface area contributed by atoms with Gasteiger partial charge in [0, 0.05) is 24.9 Å². The van der Waals surface area contributed by atoms with Gasteiger partial charge in [0.1, 0.15) is 11.8 Å². The monoisotopic (exact) mass is 486 g/mol. The summed E-state index contributed by atoms with van der Waals surface area (Å²) in [4.78, 5) is 28.9. The molecule has 0 saturated carbocycles. The first kappa shape index (κ1) is 27.0. The van der Waals surface area contributed by atoms with Gasteiger partial charge in [-0.3, -0.25) is 9.59 Å². The maximum Gasteiger partial charge on any atom is 0.243 e. The fraction of sp³-hybridized carbons (Fsp3) is 0.355. The number of carbonyl (C=O) groups excluding carboxylic acids is 2. The largest absolute Gasteiger partial charge is 0.494 e. The predicted molar refractivity (Wildman–Crippen MR) is 145 cm³/mol. The molecule has 0 spiro atoms. The molecule has 0 aliphatic heterocycles. The zero-order chi connectivity index (χ0) is 26.0. The van der Waals surface area contributed by atoms with Crippen LogP contribution in [0.15, 0.2) is 84.9 Å². The van der Waals surface area contributed by atoms with Crippen molar-refractivity contribution in [3.63, 3.8) is 0 Å². The van der Waals surface area contributed by atoms with Gasteiger partial charge in [-0.1, -0.05) is 78.4 Å². The van der Waals surface area contributed by atoms with Crippen LogP contribution in [0.1, 0.15) is 50.3 Å². The highest BCUT2D eigenvalue weighted by atomic mass is 16.5. The van der Waals surface area contributed by atoms with Crippen LogP contribution in [-0.4, -0.2) is 34.9 Å². The van der Waals surface area contributed by atoms with Crippen LogP contribution in [0.3, 0.4) is 0 Å². The minimum Gasteiger partial charge on any atom is -0.494 e. The van der Waals surface area contributed by atoms with Crippen molar-refractivity contribution in [2.75, 3.05) is 6.61 Å². The standard InChI is InChI=1S/C31H38N2O3/c1-24-13-11-16-26(21-24)23-33(29(34)19-12-20-36-27-17-9-6-10-18-27)28(30(35)32-31(2,3)4)22-25-14-7-5-8-15-25/h5-11,13-18,21,28H,12,19-20,22-23H2,1-4H3,(H,32,35). The van der Waals surface area contributed by atoms with Gasteiger partial charge < -0.3 is 15.0 Å². The molecule has 5 heteroatoms. The van der Waals surface area contributed by atoms with Gasteiger partial charge in [-0.25, -0.2) is 0 Å². The van der Waals surface area contributed by atoms with Crippen LogP contribution in [0.2, 0.25) is 0 Å². The Kier molecular flexibility index (Phi) is 9.69. The second-order valence-corrected chi connectivity index (χ2v) is 10.2. The summed E-state index contributed by atoms with van der Waals surface area (Å²) in [5.41, 5.74) is 2.73. The lowest BCUT2D eigenvalue weighted by Crippen LogP contribution is -2.54. The maximum absolute atomic E-state index is 13.6. The Hall–Kier alpha value is -3.60. The molecular formula is C31H38N2O3. The van der Waals surface area contributed by atoms with Crippen molar-refractivity contribution in [1.82, 2.24) is 10.2 Å². The van der Waals surface area contributed by atoms with E-state index in [1.165, 1.54) is 0 Å². The molecule has 0 heterocycles. The van der Waals surface area contributed by atoms with Crippen molar-refractivity contribution in [3.8, 4) is 5.75 Å². The highest BCUT2D eigenvalue weighted by Gasteiger charge is 2.32. The SMILES string of the molecule is Cc1cccc(CN(C(=O)CCCOc2ccccc2)C(Cc2ccccc2)C(=O)NC(C)(C)C)c1. The molecule has 1 unspecified atom stereocenters. The molecule has 1 atom stereocenters. The van der Waals surface area contributed by atoms with Gasteiger partial charge >= 0.3 is 0 Å². The Labute approximate surface area is 215 Å². The summed E-state index contributed by atoms with van der Waals surface area (Å²) < 4.78 is 5.79. The number of amides is 2. The summed E-state index contributed by atoms with van der Waals surface area (Å²) in [5, 5.41) is 3.10. The summed E-state index contributed by atoms with van der Waals surface area (Å²) in [6.45, 7) is 8.71. The molecular weight excluding hydrogens is 448 g/mol. The molecule has 36 heavy (non-hydrogen) atoms. The fourth-order valence-corrected chi connectivity index (χ4v) is 4.09. The van der Waals surface area contributed by atoms with Crippen molar-refractivity contribution in [2.45, 2.75) is 65.1 Å². The number of nitrogens with one attached hydrogen (secondary N) is 1. The lowest BCUT2D eigenvalue weighted by molar-refractivity contribution is -0.142. The van der Waals surface area contributed by atoms with Crippen molar-refractivity contribution >= 4 is 11.8 Å². The maximum atomic E-state index is 13.6. The molecule has 0 saturated heterocycles. The van der Waals surface area contributed by atoms with Crippen LogP contribution in [0.4, 0.5) is 0 Å². The third kappa shape index (κ3) is 8.88. The van der Waals surface area contributed by atoms with Gasteiger partial charge in [0.25, 0.3) is 0 Å². The van der Waals surface area contributed by atoms with Gasteiger partial charge in [0.2, 0.25) is 11.8 Å². The van der Waals surface area contributed by atoms with Gasteiger partial charge in [-0.05, 0) is 57.4 Å². The van der Waals surface area contributed by atoms with E-state index in [9.17, 15) is 9.59 Å². The van der Waals surface area contributed by atoms with E-state index in [0.29, 0.717) is 32.4 Å². The van der Waals surface area contributed by atoms with Crippen molar-refractivity contribution < 1.29 is 14.3 Å². The number of hydrogen-bond donors (Lipinski definition) is 1. The Morgan fingerprint density at radius 3 is 2.17 bits per heavy atom. The third-order valence-corrected chi connectivity index (χ3v) is 5.75. The predicted octanol–water partition coefficient (Wildman–Crippen LogP) is 5.71. The van der Waals surface area contributed by atoms with E-state index in [-0.39, 0.29) is 11.8 Å². The fourth-order valence-electron chi connectivity index (χ4n) is 4.09. The van der Waals surface area contributed by atoms with Crippen LogP contribution in [0.5, 0.6) is 5.75 Å². The quantitative estimate of drug-likeness (QED) is 0.353. The van der Waals surface area contributed by atoms with Gasteiger partial charge in [-0.15, -0.1) is 0 Å². The molecule has 0 fully saturated rings. The van der Waals surface area contributed by atoms with Crippen LogP contribution in [-0.2, 0) is 22.6 Å². The first-order chi connectivity index (χ1) is 17.2. The minimum atomic E-state index is -0.630. The lowest BCUT2D eigenvalue weighted by Gasteiger charge is -2.34. The molecule has 5 nitrogen and oxygen atoms in total. The zero-order valence-electron chi connectivity index (χ0n) is 21.9. The van der Waals surface area contributed by atoms with Crippen LogP contribution in [0, 0.1) is 6.92 Å². The Bertz CT molecular complexity index is 1110. The molecule has 0 aliphatic rings. The molecule has 0 aliphatic carbocycles. The number of hydrogen-bond acceptors (Lipinski definition) is 3. The van der Waals surface area contributed by atoms with Gasteiger partial charge in [0.05, 0.1) is 6.61 Å². The Morgan fingerprint density at radius 1 is 0.889 bits per heavy atom. The van der Waals surface area contributed by atoms with E-state index in [2.05, 4.69) is 11.4 Å². The summed E-state index contributed by atoms with van der Waals surface area (Å²) >= 11 is 0. The minimum absolute atomic E-state index is 0.0573. The zero-order valence-corrected chi connectivity index (χ0v) is 21.9. The lowest BCUT2D eigenvalue weighted by atomic mass is 10.00. The number of ether oxygens (including phenoxy) is 1. The molecule has 2 amide bonds. The molecule has 3 aromatic carbocycles. The van der Waals surface area contributed by atoms with E-state index < -0.39 is 11.6 Å². The average molecular weight is 487 g/mol. The molecule has 0 bridgehead atoms. The molecule has 1 N–H and O–H groups in total. The van der Waals surface area contributed by atoms with Crippen LogP contribution in [0.25, 0.3) is 0 Å². The molecule has 190 valence electrons. The Balaban J connectivity index is 1.82. The van der Waals surface area contributed by atoms with E-state index >= 15 is 0 Å². The number of carbonyl (C=O) groups is 2. The van der Waals surface area contributed by atoms with E-state index in [4.69, 9.17) is 4.74 Å². The van der Waals surface area contributed by atoms with Crippen LogP contribution >= 0.6 is 0 Å². The number of benzene rings is 3. The topological polar surface area (TPSA) is 58.6 Å². The average Bonchev–Trinajstić information content (AvgIpc) is 2.84. The van der Waals surface area contributed by atoms with E-state index in [0.717, 1.165) is 22.4 Å². The number of para-hydroxylation sites is 1. The summed E-state index contributed by atoms with van der Waals surface area (Å²) in [5.74, 6) is 0.583. The highest BCUT2D eigenvalue weighted by molar-refractivity contribution is 5.88. The van der Waals surface area contributed by atoms with Crippen LogP contribution < -0.4 is 10.1 Å². The summed E-state index contributed by atoms with van der Waals surface area (Å²) in [6, 6.07) is 26.9. The van der Waals surface area contributed by atoms with E-state index in [1.807, 2.05) is 107 Å². The third-order valence-electron chi connectivity index (χ3n) is 5.75. The second kappa shape index (κ2) is 12.9. The van der Waals surface area contributed by atoms with Crippen molar-refractivity contribution in [1.29, 1.82) is 0 Å². The van der Waals surface area contributed by atoms with Crippen molar-refractivity contribution in [3.05, 3.63) is 102 Å². The summed E-state index contributed by atoms with van der Waals surface area (Å²) in [7, 11) is 0. The smallest absolute Gasteiger partial charge is 0.243 e. The molecule has 0 radical (unpaired) electrons. The number of rotatable bonds is 11. The van der Waals surface area contributed by atoms with E-state index in [1.54, 1.807) is 4.90 Å². The first-order valence-corrected chi connectivity index (χ1v) is 12.6. The summed E-state index contributed by atoms with van der Waals surface area (Å²) in [6.07, 6.45) is 1.31. The number of nitrogens with zero attached hydrogens (tertiary/aromatic N) is 1. The first-order valence-electron chi connectivity index (χ1n) is 12.6. The molecule has 3 rings (SSSR count). The molecule has 0 aromatic heterocycles. The van der Waals surface area contributed by atoms with Crippen molar-refractivity contribution in [2.24, 2.45) is 0 Å². The van der Waals surface area contributed by atoms with Gasteiger partial charge in [-0.2, -0.15) is 0 Å². The normalized spacial score (nSPS) is 12.0.